The van der Waals surface area contributed by atoms with Gasteiger partial charge in [-0.1, -0.05) is 6.07 Å². The standard InChI is InChI=1S/C25H24F3N3O3/c26-25(27,28)18-8-11-23(17(13-18)14-31-12-2-3-19(31)15-32)34-20-9-6-16(7-10-20)21-4-1-5-22(30-21)24(29)33/h1,4-11,13,19,32H,2-3,12,14-15H2,(H2,29,33). The third kappa shape index (κ3) is 5.37. The lowest BCUT2D eigenvalue weighted by Gasteiger charge is -2.24. The zero-order chi connectivity index (χ0) is 24.3. The molecule has 1 aliphatic heterocycles. The molecule has 4 rings (SSSR count). The summed E-state index contributed by atoms with van der Waals surface area (Å²) < 4.78 is 46.0. The summed E-state index contributed by atoms with van der Waals surface area (Å²) in [5.41, 5.74) is 6.38. The van der Waals surface area contributed by atoms with Crippen molar-refractivity contribution in [3.63, 3.8) is 0 Å². The van der Waals surface area contributed by atoms with E-state index in [0.29, 0.717) is 29.3 Å². The summed E-state index contributed by atoms with van der Waals surface area (Å²) in [6, 6.07) is 15.2. The Labute approximate surface area is 194 Å². The summed E-state index contributed by atoms with van der Waals surface area (Å²) in [7, 11) is 0. The monoisotopic (exact) mass is 471 g/mol. The first-order valence-corrected chi connectivity index (χ1v) is 10.8. The van der Waals surface area contributed by atoms with Gasteiger partial charge in [0.15, 0.2) is 0 Å². The zero-order valence-electron chi connectivity index (χ0n) is 18.3. The lowest BCUT2D eigenvalue weighted by atomic mass is 10.1. The fourth-order valence-corrected chi connectivity index (χ4v) is 4.06. The molecule has 1 unspecified atom stereocenters. The van der Waals surface area contributed by atoms with Crippen LogP contribution >= 0.6 is 0 Å². The second kappa shape index (κ2) is 9.82. The minimum Gasteiger partial charge on any atom is -0.457 e. The molecule has 178 valence electrons. The molecule has 0 aliphatic carbocycles. The number of benzene rings is 2. The highest BCUT2D eigenvalue weighted by Gasteiger charge is 2.32. The minimum atomic E-state index is -4.47. The molecule has 1 fully saturated rings. The number of nitrogens with two attached hydrogens (primary N) is 1. The largest absolute Gasteiger partial charge is 0.457 e. The molecule has 34 heavy (non-hydrogen) atoms. The van der Waals surface area contributed by atoms with E-state index in [1.807, 2.05) is 4.90 Å². The molecule has 0 radical (unpaired) electrons. The van der Waals surface area contributed by atoms with E-state index in [4.69, 9.17) is 10.5 Å². The number of aliphatic hydroxyl groups excluding tert-OH is 1. The first kappa shape index (κ1) is 23.7. The van der Waals surface area contributed by atoms with E-state index in [9.17, 15) is 23.1 Å². The number of rotatable bonds is 7. The summed E-state index contributed by atoms with van der Waals surface area (Å²) >= 11 is 0. The maximum atomic E-state index is 13.3. The third-order valence-electron chi connectivity index (χ3n) is 5.85. The van der Waals surface area contributed by atoms with Crippen molar-refractivity contribution in [2.75, 3.05) is 13.2 Å². The summed E-state index contributed by atoms with van der Waals surface area (Å²) in [6.45, 7) is 0.904. The quantitative estimate of drug-likeness (QED) is 0.525. The van der Waals surface area contributed by atoms with E-state index in [2.05, 4.69) is 4.98 Å². The van der Waals surface area contributed by atoms with E-state index < -0.39 is 17.6 Å². The summed E-state index contributed by atoms with van der Waals surface area (Å²) in [5.74, 6) is 0.132. The molecular formula is C25H24F3N3O3. The minimum absolute atomic E-state index is 0.0401. The number of carbonyl (C=O) groups excluding carboxylic acids is 1. The van der Waals surface area contributed by atoms with E-state index in [1.165, 1.54) is 12.1 Å². The number of alkyl halides is 3. The number of amides is 1. The van der Waals surface area contributed by atoms with Crippen LogP contribution in [0.1, 0.15) is 34.5 Å². The maximum absolute atomic E-state index is 13.3. The predicted molar refractivity (Wildman–Crippen MR) is 120 cm³/mol. The van der Waals surface area contributed by atoms with Gasteiger partial charge in [-0.05, 0) is 74.0 Å². The molecule has 9 heteroatoms. The van der Waals surface area contributed by atoms with Crippen molar-refractivity contribution >= 4 is 5.91 Å². The average Bonchev–Trinajstić information content (AvgIpc) is 3.27. The van der Waals surface area contributed by atoms with E-state index >= 15 is 0 Å². The molecule has 1 aromatic heterocycles. The van der Waals surface area contributed by atoms with Crippen molar-refractivity contribution < 1.29 is 27.8 Å². The molecule has 1 amide bonds. The van der Waals surface area contributed by atoms with Gasteiger partial charge in [0.1, 0.15) is 17.2 Å². The van der Waals surface area contributed by atoms with Crippen LogP contribution in [0.4, 0.5) is 13.2 Å². The Hall–Kier alpha value is -3.43. The van der Waals surface area contributed by atoms with Crippen LogP contribution in [-0.4, -0.2) is 40.1 Å². The summed E-state index contributed by atoms with van der Waals surface area (Å²) in [6.07, 6.45) is -2.78. The Bertz CT molecular complexity index is 1170. The van der Waals surface area contributed by atoms with Crippen molar-refractivity contribution in [3.05, 3.63) is 77.5 Å². The molecule has 1 saturated heterocycles. The number of likely N-dealkylation sites (tertiary alicyclic amines) is 1. The van der Waals surface area contributed by atoms with Crippen molar-refractivity contribution in [3.8, 4) is 22.8 Å². The van der Waals surface area contributed by atoms with Gasteiger partial charge < -0.3 is 15.6 Å². The van der Waals surface area contributed by atoms with Crippen LogP contribution in [-0.2, 0) is 12.7 Å². The summed E-state index contributed by atoms with van der Waals surface area (Å²) in [4.78, 5) is 17.6. The number of pyridine rings is 1. The smallest absolute Gasteiger partial charge is 0.416 e. The van der Waals surface area contributed by atoms with Gasteiger partial charge in [-0.2, -0.15) is 13.2 Å². The highest BCUT2D eigenvalue weighted by atomic mass is 19.4. The van der Waals surface area contributed by atoms with Gasteiger partial charge in [0.2, 0.25) is 0 Å². The highest BCUT2D eigenvalue weighted by molar-refractivity contribution is 5.91. The van der Waals surface area contributed by atoms with Crippen LogP contribution in [0.15, 0.2) is 60.7 Å². The van der Waals surface area contributed by atoms with Crippen molar-refractivity contribution in [1.82, 2.24) is 9.88 Å². The first-order valence-electron chi connectivity index (χ1n) is 10.8. The van der Waals surface area contributed by atoms with E-state index in [1.54, 1.807) is 36.4 Å². The molecule has 3 N–H and O–H groups in total. The Morgan fingerprint density at radius 1 is 1.15 bits per heavy atom. The van der Waals surface area contributed by atoms with Crippen molar-refractivity contribution in [1.29, 1.82) is 0 Å². The number of carbonyl (C=O) groups is 1. The Morgan fingerprint density at radius 3 is 2.59 bits per heavy atom. The number of hydrogen-bond acceptors (Lipinski definition) is 5. The Kier molecular flexibility index (Phi) is 6.85. The Morgan fingerprint density at radius 2 is 1.91 bits per heavy atom. The van der Waals surface area contributed by atoms with Crippen LogP contribution < -0.4 is 10.5 Å². The third-order valence-corrected chi connectivity index (χ3v) is 5.85. The van der Waals surface area contributed by atoms with Gasteiger partial charge in [-0.15, -0.1) is 0 Å². The van der Waals surface area contributed by atoms with Crippen LogP contribution in [0, 0.1) is 0 Å². The molecule has 6 nitrogen and oxygen atoms in total. The predicted octanol–water partition coefficient (Wildman–Crippen LogP) is 4.62. The molecule has 3 aromatic rings. The Balaban J connectivity index is 1.59. The molecular weight excluding hydrogens is 447 g/mol. The van der Waals surface area contributed by atoms with Gasteiger partial charge in [0.25, 0.3) is 5.91 Å². The maximum Gasteiger partial charge on any atom is 0.416 e. The topological polar surface area (TPSA) is 88.7 Å². The average molecular weight is 471 g/mol. The number of hydrogen-bond donors (Lipinski definition) is 2. The molecule has 0 spiro atoms. The van der Waals surface area contributed by atoms with Gasteiger partial charge in [-0.3, -0.25) is 9.69 Å². The normalized spacial score (nSPS) is 16.5. The SMILES string of the molecule is NC(=O)c1cccc(-c2ccc(Oc3ccc(C(F)(F)F)cc3CN3CCCC3CO)cc2)n1. The molecule has 2 aromatic carbocycles. The molecule has 1 atom stereocenters. The van der Waals surface area contributed by atoms with Crippen LogP contribution in [0.2, 0.25) is 0 Å². The molecule has 2 heterocycles. The molecule has 0 bridgehead atoms. The van der Waals surface area contributed by atoms with Crippen molar-refractivity contribution in [2.45, 2.75) is 31.6 Å². The number of aliphatic hydroxyl groups is 1. The molecule has 1 aliphatic rings. The first-order chi connectivity index (χ1) is 16.2. The summed E-state index contributed by atoms with van der Waals surface area (Å²) in [5, 5.41) is 9.59. The van der Waals surface area contributed by atoms with Gasteiger partial charge in [0.05, 0.1) is 17.9 Å². The van der Waals surface area contributed by atoms with Crippen LogP contribution in [0.3, 0.4) is 0 Å². The zero-order valence-corrected chi connectivity index (χ0v) is 18.3. The van der Waals surface area contributed by atoms with Crippen molar-refractivity contribution in [2.24, 2.45) is 5.73 Å². The second-order valence-electron chi connectivity index (χ2n) is 8.17. The molecule has 0 saturated carbocycles. The van der Waals surface area contributed by atoms with E-state index in [-0.39, 0.29) is 24.9 Å². The highest BCUT2D eigenvalue weighted by Crippen LogP contribution is 2.36. The number of ether oxygens (including phenoxy) is 1. The van der Waals surface area contributed by atoms with Crippen LogP contribution in [0.5, 0.6) is 11.5 Å². The van der Waals surface area contributed by atoms with Gasteiger partial charge >= 0.3 is 6.18 Å². The number of primary amides is 1. The fraction of sp³-hybridized carbons (Fsp3) is 0.280. The number of nitrogens with zero attached hydrogens (tertiary/aromatic N) is 2. The van der Waals surface area contributed by atoms with E-state index in [0.717, 1.165) is 30.5 Å². The fourth-order valence-electron chi connectivity index (χ4n) is 4.06. The lowest BCUT2D eigenvalue weighted by molar-refractivity contribution is -0.137. The number of aromatic nitrogens is 1. The van der Waals surface area contributed by atoms with Gasteiger partial charge in [0, 0.05) is 23.7 Å². The number of halogens is 3. The van der Waals surface area contributed by atoms with Gasteiger partial charge in [-0.25, -0.2) is 4.98 Å². The second-order valence-corrected chi connectivity index (χ2v) is 8.17. The van der Waals surface area contributed by atoms with Crippen LogP contribution in [0.25, 0.3) is 11.3 Å². The lowest BCUT2D eigenvalue weighted by Crippen LogP contribution is -2.31.